The monoisotopic (exact) mass is 200 g/mol. The van der Waals surface area contributed by atoms with E-state index in [4.69, 9.17) is 10.4 Å². The Morgan fingerprint density at radius 3 is 2.43 bits per heavy atom. The van der Waals surface area contributed by atoms with Gasteiger partial charge in [0.2, 0.25) is 5.71 Å². The summed E-state index contributed by atoms with van der Waals surface area (Å²) in [5.41, 5.74) is -0.206. The van der Waals surface area contributed by atoms with Crippen LogP contribution in [0.15, 0.2) is 10.3 Å². The zero-order valence-electron chi connectivity index (χ0n) is 7.80. The fraction of sp³-hybridized carbons (Fsp3) is 0.625. The number of carbonyl (C=O) groups excluding carboxylic acids is 1. The summed E-state index contributed by atoms with van der Waals surface area (Å²) in [6.07, 6.45) is 1.66. The van der Waals surface area contributed by atoms with E-state index in [0.29, 0.717) is 0 Å². The minimum Gasteiger partial charge on any atom is -0.461 e. The van der Waals surface area contributed by atoms with Crippen molar-refractivity contribution in [1.29, 1.82) is 0 Å². The summed E-state index contributed by atoms with van der Waals surface area (Å²) in [7, 11) is 0. The number of ether oxygens (including phenoxy) is 1. The molecule has 0 spiro atoms. The quantitative estimate of drug-likeness (QED) is 0.301. The summed E-state index contributed by atoms with van der Waals surface area (Å²) in [5.74, 6) is -0.759. The molecule has 0 unspecified atom stereocenters. The smallest absolute Gasteiger partial charge is 0.362 e. The van der Waals surface area contributed by atoms with E-state index in [1.807, 2.05) is 0 Å². The highest BCUT2D eigenvalue weighted by molar-refractivity contribution is 6.66. The third kappa shape index (κ3) is 2.21. The maximum Gasteiger partial charge on any atom is 0.362 e. The molecule has 6 heteroatoms. The molecule has 0 heterocycles. The van der Waals surface area contributed by atoms with Crippen LogP contribution in [0, 0.1) is 5.92 Å². The summed E-state index contributed by atoms with van der Waals surface area (Å²) in [6, 6.07) is 0. The van der Waals surface area contributed by atoms with Gasteiger partial charge in [0.15, 0.2) is 0 Å². The van der Waals surface area contributed by atoms with Crippen LogP contribution >= 0.6 is 0 Å². The highest BCUT2D eigenvalue weighted by Crippen LogP contribution is 2.31. The van der Waals surface area contributed by atoms with Gasteiger partial charge in [-0.1, -0.05) is 10.3 Å². The van der Waals surface area contributed by atoms with Gasteiger partial charge >= 0.3 is 5.97 Å². The van der Waals surface area contributed by atoms with Crippen LogP contribution in [0.25, 0.3) is 0 Å². The molecule has 0 radical (unpaired) electrons. The van der Waals surface area contributed by atoms with E-state index in [1.54, 1.807) is 6.92 Å². The summed E-state index contributed by atoms with van der Waals surface area (Å²) in [5, 5.41) is 23.0. The largest absolute Gasteiger partial charge is 0.461 e. The van der Waals surface area contributed by atoms with Crippen LogP contribution in [0.5, 0.6) is 0 Å². The molecular formula is C8H12N2O4. The Morgan fingerprint density at radius 2 is 2.07 bits per heavy atom. The number of hydrogen-bond donors (Lipinski definition) is 2. The minimum absolute atomic E-state index is 0.00954. The number of esters is 1. The Balaban J connectivity index is 2.74. The van der Waals surface area contributed by atoms with Crippen LogP contribution in [-0.4, -0.2) is 34.4 Å². The third-order valence-corrected chi connectivity index (χ3v) is 1.88. The highest BCUT2D eigenvalue weighted by Gasteiger charge is 2.35. The second-order valence-corrected chi connectivity index (χ2v) is 2.93. The van der Waals surface area contributed by atoms with Crippen molar-refractivity contribution < 1.29 is 19.9 Å². The van der Waals surface area contributed by atoms with Gasteiger partial charge in [0.25, 0.3) is 0 Å². The Morgan fingerprint density at radius 1 is 1.43 bits per heavy atom. The molecule has 6 nitrogen and oxygen atoms in total. The van der Waals surface area contributed by atoms with Gasteiger partial charge in [-0.25, -0.2) is 4.79 Å². The molecule has 2 N–H and O–H groups in total. The van der Waals surface area contributed by atoms with Crippen molar-refractivity contribution in [2.75, 3.05) is 6.61 Å². The van der Waals surface area contributed by atoms with E-state index in [9.17, 15) is 4.79 Å². The molecule has 0 aromatic carbocycles. The first-order chi connectivity index (χ1) is 6.74. The normalized spacial score (nSPS) is 18.1. The van der Waals surface area contributed by atoms with Crippen LogP contribution in [-0.2, 0) is 9.53 Å². The van der Waals surface area contributed by atoms with Crippen molar-refractivity contribution in [3.8, 4) is 0 Å². The van der Waals surface area contributed by atoms with Crippen molar-refractivity contribution in [2.24, 2.45) is 16.2 Å². The van der Waals surface area contributed by atoms with E-state index in [1.165, 1.54) is 0 Å². The molecular weight excluding hydrogens is 188 g/mol. The highest BCUT2D eigenvalue weighted by atomic mass is 16.5. The molecule has 0 aromatic rings. The summed E-state index contributed by atoms with van der Waals surface area (Å²) >= 11 is 0. The standard InChI is InChI=1S/C8H12N2O4/c1-2-14-8(11)7(10-13)6(9-12)5-3-4-5/h5,12-13H,2-4H2,1H3. The van der Waals surface area contributed by atoms with E-state index < -0.39 is 5.97 Å². The van der Waals surface area contributed by atoms with E-state index in [2.05, 4.69) is 15.0 Å². The fourth-order valence-electron chi connectivity index (χ4n) is 1.08. The number of hydrogen-bond acceptors (Lipinski definition) is 6. The second kappa shape index (κ2) is 4.59. The van der Waals surface area contributed by atoms with Gasteiger partial charge in [-0.3, -0.25) is 0 Å². The van der Waals surface area contributed by atoms with Crippen molar-refractivity contribution in [3.05, 3.63) is 0 Å². The molecule has 14 heavy (non-hydrogen) atoms. The maximum absolute atomic E-state index is 11.2. The Bertz CT molecular complexity index is 281. The van der Waals surface area contributed by atoms with Gasteiger partial charge in [-0.2, -0.15) is 0 Å². The summed E-state index contributed by atoms with van der Waals surface area (Å²) in [6.45, 7) is 1.82. The molecule has 78 valence electrons. The predicted molar refractivity (Wildman–Crippen MR) is 47.8 cm³/mol. The average Bonchev–Trinajstić information content (AvgIpc) is 2.97. The maximum atomic E-state index is 11.2. The third-order valence-electron chi connectivity index (χ3n) is 1.88. The van der Waals surface area contributed by atoms with Crippen LogP contribution in [0.3, 0.4) is 0 Å². The number of carbonyl (C=O) groups is 1. The van der Waals surface area contributed by atoms with Gasteiger partial charge in [-0.15, -0.1) is 0 Å². The number of oxime groups is 2. The van der Waals surface area contributed by atoms with Crippen LogP contribution in [0.4, 0.5) is 0 Å². The topological polar surface area (TPSA) is 91.5 Å². The molecule has 0 bridgehead atoms. The molecule has 1 rings (SSSR count). The molecule has 0 aliphatic heterocycles. The van der Waals surface area contributed by atoms with Crippen LogP contribution in [0.2, 0.25) is 0 Å². The molecule has 0 saturated heterocycles. The zero-order valence-corrected chi connectivity index (χ0v) is 7.80. The Labute approximate surface area is 80.9 Å². The van der Waals surface area contributed by atoms with E-state index in [-0.39, 0.29) is 23.9 Å². The molecule has 0 atom stereocenters. The first kappa shape index (κ1) is 10.5. The Kier molecular flexibility index (Phi) is 3.44. The Hall–Kier alpha value is -1.59. The lowest BCUT2D eigenvalue weighted by atomic mass is 10.1. The lowest BCUT2D eigenvalue weighted by molar-refractivity contribution is -0.134. The molecule has 0 aromatic heterocycles. The van der Waals surface area contributed by atoms with Gasteiger partial charge in [0, 0.05) is 5.92 Å². The predicted octanol–water partition coefficient (Wildman–Crippen LogP) is 0.620. The van der Waals surface area contributed by atoms with Crippen molar-refractivity contribution in [2.45, 2.75) is 19.8 Å². The SMILES string of the molecule is CCOC(=O)C(=NO)C(=NO)C1CC1. The number of nitrogens with zero attached hydrogens (tertiary/aromatic N) is 2. The van der Waals surface area contributed by atoms with Crippen LogP contribution < -0.4 is 0 Å². The van der Waals surface area contributed by atoms with Crippen LogP contribution in [0.1, 0.15) is 19.8 Å². The molecule has 1 aliphatic rings. The number of rotatable bonds is 4. The first-order valence-corrected chi connectivity index (χ1v) is 4.36. The van der Waals surface area contributed by atoms with Gasteiger partial charge < -0.3 is 15.2 Å². The first-order valence-electron chi connectivity index (χ1n) is 4.36. The fourth-order valence-corrected chi connectivity index (χ4v) is 1.08. The van der Waals surface area contributed by atoms with Crippen molar-refractivity contribution >= 4 is 17.4 Å². The van der Waals surface area contributed by atoms with E-state index in [0.717, 1.165) is 12.8 Å². The van der Waals surface area contributed by atoms with Crippen molar-refractivity contribution in [3.63, 3.8) is 0 Å². The average molecular weight is 200 g/mol. The molecule has 1 fully saturated rings. The lowest BCUT2D eigenvalue weighted by Gasteiger charge is -2.04. The van der Waals surface area contributed by atoms with Gasteiger partial charge in [-0.05, 0) is 19.8 Å². The van der Waals surface area contributed by atoms with E-state index >= 15 is 0 Å². The molecule has 1 aliphatic carbocycles. The molecule has 1 saturated carbocycles. The zero-order chi connectivity index (χ0) is 10.6. The van der Waals surface area contributed by atoms with Gasteiger partial charge in [0.05, 0.1) is 6.61 Å². The minimum atomic E-state index is -0.769. The second-order valence-electron chi connectivity index (χ2n) is 2.93. The van der Waals surface area contributed by atoms with Gasteiger partial charge in [0.1, 0.15) is 5.71 Å². The lowest BCUT2D eigenvalue weighted by Crippen LogP contribution is -2.28. The molecule has 0 amide bonds. The summed E-state index contributed by atoms with van der Waals surface area (Å²) < 4.78 is 4.63. The summed E-state index contributed by atoms with van der Waals surface area (Å²) in [4.78, 5) is 11.2. The van der Waals surface area contributed by atoms with Crippen molar-refractivity contribution in [1.82, 2.24) is 0 Å².